The fourth-order valence-corrected chi connectivity index (χ4v) is 5.45. The summed E-state index contributed by atoms with van der Waals surface area (Å²) in [6.45, 7) is 1.21. The second-order valence-electron chi connectivity index (χ2n) is 6.25. The van der Waals surface area contributed by atoms with E-state index in [1.54, 1.807) is 30.3 Å². The molecular formula is C18H22N2O4S2. The lowest BCUT2D eigenvalue weighted by molar-refractivity contribution is 0.346. The molecule has 0 atom stereocenters. The van der Waals surface area contributed by atoms with Crippen LogP contribution >= 0.6 is 0 Å². The highest BCUT2D eigenvalue weighted by molar-refractivity contribution is 7.89. The van der Waals surface area contributed by atoms with E-state index in [0.29, 0.717) is 18.7 Å². The van der Waals surface area contributed by atoms with Crippen LogP contribution in [0.5, 0.6) is 0 Å². The minimum absolute atomic E-state index is 0.0985. The van der Waals surface area contributed by atoms with Gasteiger partial charge in [0.2, 0.25) is 20.0 Å². The summed E-state index contributed by atoms with van der Waals surface area (Å²) in [6.07, 6.45) is 2.84. The van der Waals surface area contributed by atoms with Crippen LogP contribution in [0, 0.1) is 0 Å². The summed E-state index contributed by atoms with van der Waals surface area (Å²) in [7, 11) is -7.06. The van der Waals surface area contributed by atoms with E-state index in [2.05, 4.69) is 4.72 Å². The molecule has 2 aromatic rings. The molecule has 1 fully saturated rings. The second-order valence-corrected chi connectivity index (χ2v) is 9.95. The normalized spacial score (nSPS) is 16.5. The van der Waals surface area contributed by atoms with Crippen LogP contribution in [0.3, 0.4) is 0 Å². The van der Waals surface area contributed by atoms with Gasteiger partial charge in [-0.2, -0.15) is 4.31 Å². The Kier molecular flexibility index (Phi) is 5.76. The van der Waals surface area contributed by atoms with Crippen molar-refractivity contribution < 1.29 is 16.8 Å². The molecular weight excluding hydrogens is 372 g/mol. The number of rotatable bonds is 6. The van der Waals surface area contributed by atoms with Gasteiger partial charge in [-0.25, -0.2) is 21.6 Å². The van der Waals surface area contributed by atoms with Crippen molar-refractivity contribution in [3.8, 4) is 0 Å². The second kappa shape index (κ2) is 7.87. The minimum atomic E-state index is -3.59. The molecule has 0 aliphatic carbocycles. The van der Waals surface area contributed by atoms with Crippen LogP contribution < -0.4 is 4.72 Å². The van der Waals surface area contributed by atoms with Crippen LogP contribution in [0.2, 0.25) is 0 Å². The van der Waals surface area contributed by atoms with Crippen LogP contribution in [0.15, 0.2) is 64.4 Å². The zero-order valence-electron chi connectivity index (χ0n) is 14.3. The summed E-state index contributed by atoms with van der Waals surface area (Å²) in [5, 5.41) is 0. The SMILES string of the molecule is O=S(=O)(NCc1ccc(S(=O)(=O)N2CCCCC2)cc1)c1ccccc1. The molecule has 3 rings (SSSR count). The Morgan fingerprint density at radius 2 is 1.38 bits per heavy atom. The summed E-state index contributed by atoms with van der Waals surface area (Å²) in [6, 6.07) is 14.5. The maximum Gasteiger partial charge on any atom is 0.243 e. The maximum atomic E-state index is 12.6. The minimum Gasteiger partial charge on any atom is -0.207 e. The molecule has 0 radical (unpaired) electrons. The Morgan fingerprint density at radius 1 is 0.769 bits per heavy atom. The molecule has 140 valence electrons. The summed E-state index contributed by atoms with van der Waals surface area (Å²) in [4.78, 5) is 0.443. The maximum absolute atomic E-state index is 12.6. The third-order valence-corrected chi connectivity index (χ3v) is 7.73. The van der Waals surface area contributed by atoms with Gasteiger partial charge in [0, 0.05) is 19.6 Å². The highest BCUT2D eigenvalue weighted by Crippen LogP contribution is 2.21. The quantitative estimate of drug-likeness (QED) is 0.815. The van der Waals surface area contributed by atoms with Crippen LogP contribution in [0.25, 0.3) is 0 Å². The Labute approximate surface area is 155 Å². The van der Waals surface area contributed by atoms with Crippen LogP contribution in [0.4, 0.5) is 0 Å². The Balaban J connectivity index is 1.68. The molecule has 0 spiro atoms. The van der Waals surface area contributed by atoms with E-state index < -0.39 is 20.0 Å². The fourth-order valence-electron chi connectivity index (χ4n) is 2.89. The molecule has 1 saturated heterocycles. The molecule has 0 unspecified atom stereocenters. The lowest BCUT2D eigenvalue weighted by Gasteiger charge is -2.25. The number of nitrogens with zero attached hydrogens (tertiary/aromatic N) is 1. The highest BCUT2D eigenvalue weighted by Gasteiger charge is 2.25. The Hall–Kier alpha value is -1.74. The molecule has 2 aromatic carbocycles. The number of nitrogens with one attached hydrogen (secondary N) is 1. The van der Waals surface area contributed by atoms with Gasteiger partial charge in [-0.1, -0.05) is 36.8 Å². The van der Waals surface area contributed by atoms with Crippen molar-refractivity contribution in [2.45, 2.75) is 35.6 Å². The number of hydrogen-bond acceptors (Lipinski definition) is 4. The largest absolute Gasteiger partial charge is 0.243 e. The van der Waals surface area contributed by atoms with Crippen molar-refractivity contribution in [3.63, 3.8) is 0 Å². The third-order valence-electron chi connectivity index (χ3n) is 4.40. The number of benzene rings is 2. The first-order valence-electron chi connectivity index (χ1n) is 8.53. The van der Waals surface area contributed by atoms with Crippen LogP contribution in [-0.4, -0.2) is 34.2 Å². The van der Waals surface area contributed by atoms with Gasteiger partial charge in [0.15, 0.2) is 0 Å². The fraction of sp³-hybridized carbons (Fsp3) is 0.333. The van der Waals surface area contributed by atoms with Gasteiger partial charge < -0.3 is 0 Å². The highest BCUT2D eigenvalue weighted by atomic mass is 32.2. The first-order valence-corrected chi connectivity index (χ1v) is 11.5. The topological polar surface area (TPSA) is 83.5 Å². The molecule has 0 saturated carbocycles. The first-order chi connectivity index (χ1) is 12.4. The Morgan fingerprint density at radius 3 is 2.00 bits per heavy atom. The summed E-state index contributed by atoms with van der Waals surface area (Å²) >= 11 is 0. The Bertz CT molecular complexity index is 934. The molecule has 1 aliphatic rings. The van der Waals surface area contributed by atoms with Gasteiger partial charge >= 0.3 is 0 Å². The monoisotopic (exact) mass is 394 g/mol. The average molecular weight is 395 g/mol. The molecule has 1 N–H and O–H groups in total. The van der Waals surface area contributed by atoms with Gasteiger partial charge in [-0.15, -0.1) is 0 Å². The van der Waals surface area contributed by atoms with E-state index in [-0.39, 0.29) is 16.3 Å². The van der Waals surface area contributed by atoms with Gasteiger partial charge in [0.1, 0.15) is 0 Å². The third kappa shape index (κ3) is 4.32. The lowest BCUT2D eigenvalue weighted by atomic mass is 10.2. The van der Waals surface area contributed by atoms with Crippen molar-refractivity contribution in [2.24, 2.45) is 0 Å². The van der Waals surface area contributed by atoms with E-state index in [4.69, 9.17) is 0 Å². The molecule has 26 heavy (non-hydrogen) atoms. The van der Waals surface area contributed by atoms with E-state index in [0.717, 1.165) is 19.3 Å². The zero-order valence-corrected chi connectivity index (χ0v) is 16.0. The molecule has 0 aromatic heterocycles. The van der Waals surface area contributed by atoms with Crippen LogP contribution in [0.1, 0.15) is 24.8 Å². The van der Waals surface area contributed by atoms with Crippen molar-refractivity contribution in [2.75, 3.05) is 13.1 Å². The zero-order chi connectivity index (χ0) is 18.6. The van der Waals surface area contributed by atoms with E-state index in [9.17, 15) is 16.8 Å². The number of sulfonamides is 2. The van der Waals surface area contributed by atoms with Crippen molar-refractivity contribution in [3.05, 3.63) is 60.2 Å². The number of piperidine rings is 1. The smallest absolute Gasteiger partial charge is 0.207 e. The van der Waals surface area contributed by atoms with Gasteiger partial charge in [0.25, 0.3) is 0 Å². The van der Waals surface area contributed by atoms with E-state index in [1.807, 2.05) is 0 Å². The average Bonchev–Trinajstić information content (AvgIpc) is 2.68. The van der Waals surface area contributed by atoms with Crippen molar-refractivity contribution in [1.82, 2.24) is 9.03 Å². The molecule has 8 heteroatoms. The molecule has 0 bridgehead atoms. The molecule has 1 heterocycles. The lowest BCUT2D eigenvalue weighted by Crippen LogP contribution is -2.35. The van der Waals surface area contributed by atoms with E-state index in [1.165, 1.54) is 28.6 Å². The molecule has 0 amide bonds. The number of hydrogen-bond donors (Lipinski definition) is 1. The van der Waals surface area contributed by atoms with Gasteiger partial charge in [-0.05, 0) is 42.7 Å². The van der Waals surface area contributed by atoms with Crippen molar-refractivity contribution >= 4 is 20.0 Å². The predicted octanol–water partition coefficient (Wildman–Crippen LogP) is 2.34. The predicted molar refractivity (Wildman–Crippen MR) is 99.5 cm³/mol. The summed E-state index contributed by atoms with van der Waals surface area (Å²) in [5.41, 5.74) is 0.696. The van der Waals surface area contributed by atoms with Gasteiger partial charge in [-0.3, -0.25) is 0 Å². The summed E-state index contributed by atoms with van der Waals surface area (Å²) < 4.78 is 53.7. The standard InChI is InChI=1S/C18H22N2O4S2/c21-25(22,17-7-3-1-4-8-17)19-15-16-9-11-18(12-10-16)26(23,24)20-13-5-2-6-14-20/h1,3-4,7-12,19H,2,5-6,13-15H2. The van der Waals surface area contributed by atoms with Crippen molar-refractivity contribution in [1.29, 1.82) is 0 Å². The van der Waals surface area contributed by atoms with Gasteiger partial charge in [0.05, 0.1) is 9.79 Å². The van der Waals surface area contributed by atoms with E-state index >= 15 is 0 Å². The molecule has 6 nitrogen and oxygen atoms in total. The summed E-state index contributed by atoms with van der Waals surface area (Å²) in [5.74, 6) is 0. The van der Waals surface area contributed by atoms with Crippen LogP contribution in [-0.2, 0) is 26.6 Å². The first kappa shape index (κ1) is 19.0. The molecule has 1 aliphatic heterocycles.